The van der Waals surface area contributed by atoms with Gasteiger partial charge in [-0.1, -0.05) is 13.8 Å². The predicted molar refractivity (Wildman–Crippen MR) is 79.2 cm³/mol. The van der Waals surface area contributed by atoms with Crippen molar-refractivity contribution in [3.8, 4) is 0 Å². The molecule has 0 aliphatic carbocycles. The third-order valence-corrected chi connectivity index (χ3v) is 3.67. The minimum Gasteiger partial charge on any atom is -0.394 e. The van der Waals surface area contributed by atoms with E-state index in [9.17, 15) is 9.90 Å². The van der Waals surface area contributed by atoms with E-state index in [4.69, 9.17) is 4.74 Å². The van der Waals surface area contributed by atoms with Crippen molar-refractivity contribution in [2.24, 2.45) is 5.92 Å². The maximum atomic E-state index is 12.7. The number of ether oxygens (including phenoxy) is 1. The summed E-state index contributed by atoms with van der Waals surface area (Å²) in [5.74, 6) is 0.434. The largest absolute Gasteiger partial charge is 0.394 e. The van der Waals surface area contributed by atoms with Crippen LogP contribution in [-0.4, -0.2) is 58.1 Å². The zero-order valence-electron chi connectivity index (χ0n) is 13.1. The summed E-state index contributed by atoms with van der Waals surface area (Å²) in [6.07, 6.45) is 0.861. The fourth-order valence-corrected chi connectivity index (χ4v) is 2.62. The van der Waals surface area contributed by atoms with Gasteiger partial charge < -0.3 is 14.7 Å². The van der Waals surface area contributed by atoms with Crippen molar-refractivity contribution >= 4 is 5.91 Å². The lowest BCUT2D eigenvalue weighted by Crippen LogP contribution is -2.50. The Hall–Kier alpha value is -1.40. The first-order valence-corrected chi connectivity index (χ1v) is 7.63. The molecule has 1 saturated heterocycles. The highest BCUT2D eigenvalue weighted by molar-refractivity contribution is 5.93. The van der Waals surface area contributed by atoms with Crippen molar-refractivity contribution < 1.29 is 14.6 Å². The van der Waals surface area contributed by atoms with Gasteiger partial charge in [0.1, 0.15) is 5.69 Å². The van der Waals surface area contributed by atoms with Crippen molar-refractivity contribution in [1.82, 2.24) is 14.7 Å². The number of carbonyl (C=O) groups excluding carboxylic acids is 1. The minimum absolute atomic E-state index is 0.0679. The Morgan fingerprint density at radius 1 is 1.57 bits per heavy atom. The van der Waals surface area contributed by atoms with Crippen molar-refractivity contribution in [2.75, 3.05) is 26.4 Å². The molecule has 1 atom stereocenters. The van der Waals surface area contributed by atoms with Gasteiger partial charge in [0.15, 0.2) is 0 Å². The molecular weight excluding hydrogens is 270 g/mol. The van der Waals surface area contributed by atoms with Crippen molar-refractivity contribution in [3.63, 3.8) is 0 Å². The first kappa shape index (κ1) is 16.0. The van der Waals surface area contributed by atoms with E-state index >= 15 is 0 Å². The molecule has 1 aromatic heterocycles. The third-order valence-electron chi connectivity index (χ3n) is 3.67. The SMILES string of the molecule is CCn1nc(CC(C)C)cc1C(=O)N1CCOC[C@H]1CO. The van der Waals surface area contributed by atoms with Crippen LogP contribution in [0.2, 0.25) is 0 Å². The van der Waals surface area contributed by atoms with Gasteiger partial charge in [-0.05, 0) is 25.3 Å². The highest BCUT2D eigenvalue weighted by atomic mass is 16.5. The lowest BCUT2D eigenvalue weighted by atomic mass is 10.1. The van der Waals surface area contributed by atoms with Gasteiger partial charge in [-0.15, -0.1) is 0 Å². The lowest BCUT2D eigenvalue weighted by Gasteiger charge is -2.34. The number of rotatable bonds is 5. The highest BCUT2D eigenvalue weighted by Crippen LogP contribution is 2.15. The molecule has 1 amide bonds. The summed E-state index contributed by atoms with van der Waals surface area (Å²) in [6.45, 7) is 8.25. The maximum Gasteiger partial charge on any atom is 0.272 e. The fourth-order valence-electron chi connectivity index (χ4n) is 2.62. The third kappa shape index (κ3) is 3.63. The van der Waals surface area contributed by atoms with Crippen LogP contribution in [0, 0.1) is 5.92 Å². The van der Waals surface area contributed by atoms with Crippen molar-refractivity contribution in [2.45, 2.75) is 39.8 Å². The average molecular weight is 295 g/mol. The Morgan fingerprint density at radius 2 is 2.33 bits per heavy atom. The highest BCUT2D eigenvalue weighted by Gasteiger charge is 2.29. The summed E-state index contributed by atoms with van der Waals surface area (Å²) in [5.41, 5.74) is 1.55. The fraction of sp³-hybridized carbons (Fsp3) is 0.733. The molecule has 0 unspecified atom stereocenters. The quantitative estimate of drug-likeness (QED) is 0.877. The maximum absolute atomic E-state index is 12.7. The molecule has 1 aliphatic heterocycles. The zero-order valence-corrected chi connectivity index (χ0v) is 13.1. The molecule has 2 heterocycles. The van der Waals surface area contributed by atoms with E-state index in [-0.39, 0.29) is 18.6 Å². The van der Waals surface area contributed by atoms with E-state index in [1.54, 1.807) is 9.58 Å². The number of aryl methyl sites for hydroxylation is 1. The monoisotopic (exact) mass is 295 g/mol. The Morgan fingerprint density at radius 3 is 2.95 bits per heavy atom. The lowest BCUT2D eigenvalue weighted by molar-refractivity contribution is -0.0189. The number of amides is 1. The molecule has 21 heavy (non-hydrogen) atoms. The van der Waals surface area contributed by atoms with E-state index in [1.807, 2.05) is 13.0 Å². The number of aliphatic hydroxyl groups excluding tert-OH is 1. The Labute approximate surface area is 125 Å². The van der Waals surface area contributed by atoms with Crippen LogP contribution in [0.15, 0.2) is 6.07 Å². The number of aliphatic hydroxyl groups is 1. The second kappa shape index (κ2) is 7.04. The van der Waals surface area contributed by atoms with Gasteiger partial charge in [0, 0.05) is 13.1 Å². The molecule has 6 nitrogen and oxygen atoms in total. The van der Waals surface area contributed by atoms with Gasteiger partial charge >= 0.3 is 0 Å². The van der Waals surface area contributed by atoms with E-state index in [0.717, 1.165) is 12.1 Å². The predicted octanol–water partition coefficient (Wildman–Crippen LogP) is 0.935. The molecule has 1 aliphatic rings. The summed E-state index contributed by atoms with van der Waals surface area (Å²) in [7, 11) is 0. The van der Waals surface area contributed by atoms with Crippen LogP contribution in [0.5, 0.6) is 0 Å². The first-order valence-electron chi connectivity index (χ1n) is 7.63. The topological polar surface area (TPSA) is 67.6 Å². The molecule has 1 fully saturated rings. The standard InChI is InChI=1S/C15H25N3O3/c1-4-18-14(8-12(16-18)7-11(2)3)15(20)17-5-6-21-10-13(17)9-19/h8,11,13,19H,4-7,9-10H2,1-3H3/t13-/m1/s1. The van der Waals surface area contributed by atoms with E-state index < -0.39 is 0 Å². The smallest absolute Gasteiger partial charge is 0.272 e. The Kier molecular flexibility index (Phi) is 5.36. The van der Waals surface area contributed by atoms with Gasteiger partial charge in [0.05, 0.1) is 31.6 Å². The van der Waals surface area contributed by atoms with Crippen LogP contribution in [-0.2, 0) is 17.7 Å². The Balaban J connectivity index is 2.22. The molecule has 0 bridgehead atoms. The number of carbonyl (C=O) groups is 1. The summed E-state index contributed by atoms with van der Waals surface area (Å²) in [4.78, 5) is 14.4. The zero-order chi connectivity index (χ0) is 15.4. The van der Waals surface area contributed by atoms with Gasteiger partial charge in [0.2, 0.25) is 0 Å². The van der Waals surface area contributed by atoms with Gasteiger partial charge in [-0.2, -0.15) is 5.10 Å². The van der Waals surface area contributed by atoms with Gasteiger partial charge in [-0.25, -0.2) is 0 Å². The average Bonchev–Trinajstić information content (AvgIpc) is 2.88. The molecule has 1 N–H and O–H groups in total. The van der Waals surface area contributed by atoms with E-state index in [0.29, 0.717) is 37.9 Å². The second-order valence-corrected chi connectivity index (χ2v) is 5.84. The van der Waals surface area contributed by atoms with Gasteiger partial charge in [-0.3, -0.25) is 9.48 Å². The molecule has 0 spiro atoms. The van der Waals surface area contributed by atoms with Crippen LogP contribution < -0.4 is 0 Å². The summed E-state index contributed by atoms with van der Waals surface area (Å²) >= 11 is 0. The summed E-state index contributed by atoms with van der Waals surface area (Å²) in [6, 6.07) is 1.62. The number of nitrogens with zero attached hydrogens (tertiary/aromatic N) is 3. The molecule has 1 aromatic rings. The van der Waals surface area contributed by atoms with Crippen molar-refractivity contribution in [3.05, 3.63) is 17.5 Å². The molecule has 118 valence electrons. The van der Waals surface area contributed by atoms with Crippen LogP contribution >= 0.6 is 0 Å². The van der Waals surface area contributed by atoms with Crippen LogP contribution in [0.4, 0.5) is 0 Å². The van der Waals surface area contributed by atoms with Crippen LogP contribution in [0.25, 0.3) is 0 Å². The summed E-state index contributed by atoms with van der Waals surface area (Å²) < 4.78 is 7.08. The molecular formula is C15H25N3O3. The number of hydrogen-bond acceptors (Lipinski definition) is 4. The van der Waals surface area contributed by atoms with Crippen LogP contribution in [0.1, 0.15) is 37.0 Å². The van der Waals surface area contributed by atoms with Gasteiger partial charge in [0.25, 0.3) is 5.91 Å². The Bertz CT molecular complexity index is 485. The molecule has 2 rings (SSSR count). The first-order chi connectivity index (χ1) is 10.1. The summed E-state index contributed by atoms with van der Waals surface area (Å²) in [5, 5.41) is 13.9. The minimum atomic E-state index is -0.264. The molecule has 0 saturated carbocycles. The molecule has 6 heteroatoms. The molecule has 0 radical (unpaired) electrons. The normalized spacial score (nSPS) is 19.3. The number of aromatic nitrogens is 2. The van der Waals surface area contributed by atoms with Crippen LogP contribution in [0.3, 0.4) is 0 Å². The van der Waals surface area contributed by atoms with E-state index in [1.165, 1.54) is 0 Å². The number of hydrogen-bond donors (Lipinski definition) is 1. The molecule has 0 aromatic carbocycles. The second-order valence-electron chi connectivity index (χ2n) is 5.84. The number of morpholine rings is 1. The van der Waals surface area contributed by atoms with Crippen molar-refractivity contribution in [1.29, 1.82) is 0 Å². The van der Waals surface area contributed by atoms with E-state index in [2.05, 4.69) is 18.9 Å².